The van der Waals surface area contributed by atoms with Crippen LogP contribution < -0.4 is 25.4 Å². The third-order valence-corrected chi connectivity index (χ3v) is 5.14. The number of nitrogens with zero attached hydrogens (tertiary/aromatic N) is 4. The summed E-state index contributed by atoms with van der Waals surface area (Å²) in [6.07, 6.45) is 3.18. The molecule has 4 rings (SSSR count). The van der Waals surface area contributed by atoms with Crippen LogP contribution in [0.2, 0.25) is 0 Å². The zero-order valence-corrected chi connectivity index (χ0v) is 17.6. The highest BCUT2D eigenvalue weighted by Gasteiger charge is 2.19. The lowest BCUT2D eigenvalue weighted by Gasteiger charge is -2.27. The lowest BCUT2D eigenvalue weighted by atomic mass is 10.1. The molecule has 1 fully saturated rings. The molecule has 0 spiro atoms. The van der Waals surface area contributed by atoms with Gasteiger partial charge >= 0.3 is 6.03 Å². The van der Waals surface area contributed by atoms with E-state index in [0.29, 0.717) is 35.3 Å². The second-order valence-electron chi connectivity index (χ2n) is 7.03. The number of rotatable bonds is 7. The van der Waals surface area contributed by atoms with E-state index in [2.05, 4.69) is 40.8 Å². The highest BCUT2D eigenvalue weighted by molar-refractivity contribution is 5.98. The molecule has 1 saturated heterocycles. The molecular weight excluding hydrogens is 400 g/mol. The summed E-state index contributed by atoms with van der Waals surface area (Å²) in [5.74, 6) is 1.25. The number of amides is 2. The number of pyridine rings is 1. The normalized spacial score (nSPS) is 14.4. The van der Waals surface area contributed by atoms with Crippen molar-refractivity contribution in [3.05, 3.63) is 24.7 Å². The van der Waals surface area contributed by atoms with Crippen molar-refractivity contribution in [2.75, 3.05) is 58.8 Å². The van der Waals surface area contributed by atoms with Gasteiger partial charge in [0, 0.05) is 56.4 Å². The third-order valence-electron chi connectivity index (χ3n) is 5.14. The van der Waals surface area contributed by atoms with Crippen molar-refractivity contribution in [3.8, 4) is 22.9 Å². The number of aromatic nitrogens is 4. The Kier molecular flexibility index (Phi) is 6.43. The van der Waals surface area contributed by atoms with Crippen LogP contribution in [0.25, 0.3) is 22.2 Å². The molecule has 3 aromatic heterocycles. The van der Waals surface area contributed by atoms with Gasteiger partial charge in [0.2, 0.25) is 11.8 Å². The molecule has 11 heteroatoms. The minimum Gasteiger partial charge on any atom is -0.480 e. The van der Waals surface area contributed by atoms with E-state index < -0.39 is 0 Å². The summed E-state index contributed by atoms with van der Waals surface area (Å²) in [4.78, 5) is 30.5. The highest BCUT2D eigenvalue weighted by atomic mass is 16.5. The summed E-state index contributed by atoms with van der Waals surface area (Å²) in [5, 5.41) is 9.80. The molecule has 164 valence electrons. The summed E-state index contributed by atoms with van der Waals surface area (Å²) in [6.45, 7) is 5.37. The first-order chi connectivity index (χ1) is 15.2. The maximum absolute atomic E-state index is 12.2. The molecule has 3 aromatic rings. The Morgan fingerprint density at radius 1 is 1.16 bits per heavy atom. The van der Waals surface area contributed by atoms with Gasteiger partial charge in [-0.15, -0.1) is 0 Å². The number of fused-ring (bicyclic) bond motifs is 1. The van der Waals surface area contributed by atoms with Gasteiger partial charge in [0.05, 0.1) is 14.2 Å². The molecule has 2 amide bonds. The number of carbonyl (C=O) groups excluding carboxylic acids is 1. The molecule has 11 nitrogen and oxygen atoms in total. The SMILES string of the molecule is COc1ncnc(OC)c1-c1c[nH]c2nc(NC(=O)NCCN3CCNCC3)ccc12. The lowest BCUT2D eigenvalue weighted by Crippen LogP contribution is -2.46. The van der Waals surface area contributed by atoms with Crippen LogP contribution in [0.1, 0.15) is 0 Å². The largest absolute Gasteiger partial charge is 0.480 e. The van der Waals surface area contributed by atoms with Gasteiger partial charge in [-0.25, -0.2) is 19.7 Å². The topological polar surface area (TPSA) is 129 Å². The number of nitrogens with one attached hydrogen (secondary N) is 4. The minimum absolute atomic E-state index is 0.284. The molecule has 0 saturated carbocycles. The first-order valence-corrected chi connectivity index (χ1v) is 10.1. The number of H-pyrrole nitrogens is 1. The molecule has 0 aromatic carbocycles. The predicted octanol–water partition coefficient (Wildman–Crippen LogP) is 1.06. The maximum Gasteiger partial charge on any atom is 0.320 e. The Bertz CT molecular complexity index is 1030. The molecule has 4 heterocycles. The number of carbonyl (C=O) groups is 1. The van der Waals surface area contributed by atoms with Crippen LogP contribution in [-0.2, 0) is 0 Å². The van der Waals surface area contributed by atoms with Crippen LogP contribution in [-0.4, -0.2) is 84.4 Å². The van der Waals surface area contributed by atoms with Crippen molar-refractivity contribution in [2.24, 2.45) is 0 Å². The van der Waals surface area contributed by atoms with E-state index in [4.69, 9.17) is 9.47 Å². The van der Waals surface area contributed by atoms with Gasteiger partial charge in [-0.2, -0.15) is 0 Å². The second kappa shape index (κ2) is 9.58. The summed E-state index contributed by atoms with van der Waals surface area (Å²) in [6, 6.07) is 3.34. The van der Waals surface area contributed by atoms with Crippen LogP contribution in [0.3, 0.4) is 0 Å². The van der Waals surface area contributed by atoms with E-state index in [1.165, 1.54) is 6.33 Å². The number of hydrogen-bond acceptors (Lipinski definition) is 8. The summed E-state index contributed by atoms with van der Waals surface area (Å²) < 4.78 is 10.8. The first kappa shape index (κ1) is 20.8. The van der Waals surface area contributed by atoms with E-state index in [9.17, 15) is 4.79 Å². The first-order valence-electron chi connectivity index (χ1n) is 10.1. The number of anilines is 1. The van der Waals surface area contributed by atoms with Crippen molar-refractivity contribution in [3.63, 3.8) is 0 Å². The molecule has 1 aliphatic rings. The van der Waals surface area contributed by atoms with Crippen molar-refractivity contribution in [1.29, 1.82) is 0 Å². The van der Waals surface area contributed by atoms with Gasteiger partial charge in [0.1, 0.15) is 23.4 Å². The van der Waals surface area contributed by atoms with Crippen molar-refractivity contribution in [2.45, 2.75) is 0 Å². The van der Waals surface area contributed by atoms with E-state index in [1.807, 2.05) is 6.07 Å². The van der Waals surface area contributed by atoms with E-state index in [-0.39, 0.29) is 6.03 Å². The Hall–Kier alpha value is -3.44. The summed E-state index contributed by atoms with van der Waals surface area (Å²) >= 11 is 0. The van der Waals surface area contributed by atoms with Gasteiger partial charge in [0.25, 0.3) is 0 Å². The molecule has 0 unspecified atom stereocenters. The standard InChI is InChI=1S/C20H26N8O3/c1-30-18-16(19(31-2)25-12-24-18)14-11-23-17-13(14)3-4-15(26-17)27-20(29)22-7-10-28-8-5-21-6-9-28/h3-4,11-12,21H,5-10H2,1-2H3,(H3,22,23,26,27,29). The predicted molar refractivity (Wildman–Crippen MR) is 117 cm³/mol. The Balaban J connectivity index is 1.45. The van der Waals surface area contributed by atoms with Crippen LogP contribution in [0.5, 0.6) is 11.8 Å². The molecule has 0 radical (unpaired) electrons. The van der Waals surface area contributed by atoms with Crippen LogP contribution in [0.4, 0.5) is 10.6 Å². The van der Waals surface area contributed by atoms with E-state index >= 15 is 0 Å². The molecule has 0 atom stereocenters. The average Bonchev–Trinajstić information content (AvgIpc) is 3.22. The van der Waals surface area contributed by atoms with Crippen molar-refractivity contribution >= 4 is 22.9 Å². The summed E-state index contributed by atoms with van der Waals surface area (Å²) in [5.41, 5.74) is 2.04. The number of urea groups is 1. The number of ether oxygens (including phenoxy) is 2. The number of methoxy groups -OCH3 is 2. The smallest absolute Gasteiger partial charge is 0.320 e. The molecule has 0 bridgehead atoms. The van der Waals surface area contributed by atoms with Gasteiger partial charge in [0.15, 0.2) is 0 Å². The van der Waals surface area contributed by atoms with Gasteiger partial charge in [-0.3, -0.25) is 10.2 Å². The van der Waals surface area contributed by atoms with Crippen LogP contribution >= 0.6 is 0 Å². The Morgan fingerprint density at radius 3 is 2.61 bits per heavy atom. The zero-order valence-electron chi connectivity index (χ0n) is 17.6. The van der Waals surface area contributed by atoms with E-state index in [1.54, 1.807) is 26.5 Å². The van der Waals surface area contributed by atoms with Crippen molar-refractivity contribution < 1.29 is 14.3 Å². The summed E-state index contributed by atoms with van der Waals surface area (Å²) in [7, 11) is 3.09. The molecule has 31 heavy (non-hydrogen) atoms. The zero-order chi connectivity index (χ0) is 21.6. The van der Waals surface area contributed by atoms with E-state index in [0.717, 1.165) is 43.7 Å². The lowest BCUT2D eigenvalue weighted by molar-refractivity contribution is 0.233. The quantitative estimate of drug-likeness (QED) is 0.441. The fourth-order valence-corrected chi connectivity index (χ4v) is 3.60. The van der Waals surface area contributed by atoms with Crippen LogP contribution in [0, 0.1) is 0 Å². The number of hydrogen-bond donors (Lipinski definition) is 4. The number of piperazine rings is 1. The maximum atomic E-state index is 12.2. The van der Waals surface area contributed by atoms with Gasteiger partial charge in [-0.1, -0.05) is 0 Å². The molecule has 1 aliphatic heterocycles. The Labute approximate surface area is 179 Å². The second-order valence-corrected chi connectivity index (χ2v) is 7.03. The van der Waals surface area contributed by atoms with Gasteiger partial charge in [-0.05, 0) is 12.1 Å². The average molecular weight is 426 g/mol. The highest BCUT2D eigenvalue weighted by Crippen LogP contribution is 2.38. The monoisotopic (exact) mass is 426 g/mol. The molecular formula is C20H26N8O3. The van der Waals surface area contributed by atoms with Gasteiger partial charge < -0.3 is 25.1 Å². The van der Waals surface area contributed by atoms with Crippen molar-refractivity contribution in [1.82, 2.24) is 35.5 Å². The number of aromatic amines is 1. The minimum atomic E-state index is -0.284. The fourth-order valence-electron chi connectivity index (χ4n) is 3.60. The molecule has 4 N–H and O–H groups in total. The fraction of sp³-hybridized carbons (Fsp3) is 0.400. The Morgan fingerprint density at radius 2 is 1.90 bits per heavy atom. The van der Waals surface area contributed by atoms with Crippen LogP contribution in [0.15, 0.2) is 24.7 Å². The third kappa shape index (κ3) is 4.67. The molecule has 0 aliphatic carbocycles.